The zero-order chi connectivity index (χ0) is 28.4. The summed E-state index contributed by atoms with van der Waals surface area (Å²) in [7, 11) is 0. The second kappa shape index (κ2) is 9.72. The van der Waals surface area contributed by atoms with Gasteiger partial charge >= 0.3 is 0 Å². The van der Waals surface area contributed by atoms with Crippen molar-refractivity contribution in [2.45, 2.75) is 37.5 Å². The molecule has 0 aliphatic heterocycles. The summed E-state index contributed by atoms with van der Waals surface area (Å²) in [5.41, 5.74) is 12.8. The Morgan fingerprint density at radius 2 is 1.23 bits per heavy atom. The minimum atomic E-state index is 0.167. The van der Waals surface area contributed by atoms with E-state index in [9.17, 15) is 0 Å². The van der Waals surface area contributed by atoms with Crippen molar-refractivity contribution in [3.05, 3.63) is 132 Å². The van der Waals surface area contributed by atoms with Crippen molar-refractivity contribution in [1.29, 1.82) is 0 Å². The Labute approximate surface area is 255 Å². The summed E-state index contributed by atoms with van der Waals surface area (Å²) in [5.74, 6) is 0.770. The molecule has 2 aliphatic rings. The highest BCUT2D eigenvalue weighted by molar-refractivity contribution is 7.26. The number of aromatic nitrogens is 2. The predicted octanol–water partition coefficient (Wildman–Crippen LogP) is 11.1. The van der Waals surface area contributed by atoms with Crippen molar-refractivity contribution < 1.29 is 0 Å². The quantitative estimate of drug-likeness (QED) is 0.211. The number of hydrogen-bond acceptors (Lipinski definition) is 3. The van der Waals surface area contributed by atoms with Gasteiger partial charge in [-0.2, -0.15) is 0 Å². The second-order valence-electron chi connectivity index (χ2n) is 12.1. The number of fused-ring (bicyclic) bond motifs is 8. The molecule has 0 N–H and O–H groups in total. The fourth-order valence-corrected chi connectivity index (χ4v) is 8.81. The zero-order valence-electron chi connectivity index (χ0n) is 23.9. The first-order chi connectivity index (χ1) is 21.3. The van der Waals surface area contributed by atoms with Gasteiger partial charge < -0.3 is 0 Å². The fraction of sp³-hybridized carbons (Fsp3) is 0.150. The number of nitrogens with zero attached hydrogens (tertiary/aromatic N) is 2. The third-order valence-electron chi connectivity index (χ3n) is 9.72. The maximum Gasteiger partial charge on any atom is 0.160 e. The topological polar surface area (TPSA) is 25.8 Å². The van der Waals surface area contributed by atoms with E-state index in [1.54, 1.807) is 16.9 Å². The van der Waals surface area contributed by atoms with Gasteiger partial charge in [0, 0.05) is 26.6 Å². The van der Waals surface area contributed by atoms with Gasteiger partial charge in [-0.05, 0) is 58.4 Å². The van der Waals surface area contributed by atoms with Crippen molar-refractivity contribution in [2.24, 2.45) is 0 Å². The van der Waals surface area contributed by atoms with E-state index >= 15 is 0 Å². The van der Waals surface area contributed by atoms with Crippen LogP contribution < -0.4 is 0 Å². The van der Waals surface area contributed by atoms with E-state index in [4.69, 9.17) is 9.97 Å². The van der Waals surface area contributed by atoms with Crippen LogP contribution in [0.2, 0.25) is 0 Å². The van der Waals surface area contributed by atoms with Gasteiger partial charge in [0.05, 0.1) is 15.9 Å². The van der Waals surface area contributed by atoms with Crippen LogP contribution in [0.1, 0.15) is 43.2 Å². The first-order valence-electron chi connectivity index (χ1n) is 15.4. The van der Waals surface area contributed by atoms with Crippen LogP contribution in [-0.2, 0) is 5.41 Å². The molecular formula is C40H30N2S. The van der Waals surface area contributed by atoms with Gasteiger partial charge in [-0.3, -0.25) is 0 Å². The molecule has 2 aromatic heterocycles. The molecule has 0 bridgehead atoms. The summed E-state index contributed by atoms with van der Waals surface area (Å²) >= 11 is 1.78. The largest absolute Gasteiger partial charge is 0.226 e. The van der Waals surface area contributed by atoms with E-state index in [1.165, 1.54) is 70.0 Å². The molecule has 206 valence electrons. The predicted molar refractivity (Wildman–Crippen MR) is 181 cm³/mol. The molecular weight excluding hydrogens is 541 g/mol. The van der Waals surface area contributed by atoms with E-state index in [-0.39, 0.29) is 5.41 Å². The first kappa shape index (κ1) is 24.9. The Kier molecular flexibility index (Phi) is 5.64. The average molecular weight is 571 g/mol. The standard InChI is InChI=1S/C40H30N2S/c1-3-11-27(12-4-1)36-38-37(32-14-6-8-16-35(32)43-38)42-39(41-36)28-19-17-26(18-20-28)29-21-22-31-30-13-5-7-15-33(30)40(34(31)25-29)23-9-2-10-24-40/h1,3-8,11-22,25H,2,9-10,23-24H2. The van der Waals surface area contributed by atoms with E-state index < -0.39 is 0 Å². The molecule has 0 radical (unpaired) electrons. The van der Waals surface area contributed by atoms with Crippen LogP contribution in [-0.4, -0.2) is 9.97 Å². The monoisotopic (exact) mass is 570 g/mol. The van der Waals surface area contributed by atoms with Gasteiger partial charge in [0.2, 0.25) is 0 Å². The lowest BCUT2D eigenvalue weighted by atomic mass is 9.67. The fourth-order valence-electron chi connectivity index (χ4n) is 7.65. The number of benzene rings is 5. The molecule has 0 atom stereocenters. The summed E-state index contributed by atoms with van der Waals surface area (Å²) in [4.78, 5) is 10.3. The molecule has 9 rings (SSSR count). The summed E-state index contributed by atoms with van der Waals surface area (Å²) in [6.07, 6.45) is 6.46. The first-order valence-corrected chi connectivity index (χ1v) is 16.2. The molecule has 2 nitrogen and oxygen atoms in total. The lowest BCUT2D eigenvalue weighted by Gasteiger charge is -2.36. The van der Waals surface area contributed by atoms with E-state index in [2.05, 4.69) is 121 Å². The highest BCUT2D eigenvalue weighted by atomic mass is 32.1. The van der Waals surface area contributed by atoms with Crippen LogP contribution in [0.25, 0.3) is 65.2 Å². The second-order valence-corrected chi connectivity index (χ2v) is 13.1. The molecule has 0 amide bonds. The molecule has 1 spiro atoms. The van der Waals surface area contributed by atoms with Crippen molar-refractivity contribution >= 4 is 31.6 Å². The highest BCUT2D eigenvalue weighted by Crippen LogP contribution is 2.56. The third kappa shape index (κ3) is 3.85. The normalized spacial score (nSPS) is 15.2. The van der Waals surface area contributed by atoms with Crippen LogP contribution in [0.15, 0.2) is 121 Å². The number of rotatable bonds is 3. The van der Waals surface area contributed by atoms with Crippen LogP contribution in [0.3, 0.4) is 0 Å². The Balaban J connectivity index is 1.14. The SMILES string of the molecule is c1ccc(-c2nc(-c3ccc(-c4ccc5c(c4)C4(CCCCC4)c4ccccc4-5)cc3)nc3c2sc2ccccc23)cc1. The van der Waals surface area contributed by atoms with Gasteiger partial charge in [0.1, 0.15) is 0 Å². The number of hydrogen-bond donors (Lipinski definition) is 0. The van der Waals surface area contributed by atoms with Gasteiger partial charge in [0.15, 0.2) is 5.82 Å². The van der Waals surface area contributed by atoms with Crippen molar-refractivity contribution in [3.63, 3.8) is 0 Å². The van der Waals surface area contributed by atoms with Crippen molar-refractivity contribution in [2.75, 3.05) is 0 Å². The lowest BCUT2D eigenvalue weighted by Crippen LogP contribution is -2.28. The Hall–Kier alpha value is -4.60. The molecule has 0 unspecified atom stereocenters. The summed E-state index contributed by atoms with van der Waals surface area (Å²) in [6, 6.07) is 44.2. The molecule has 1 fully saturated rings. The molecule has 2 heterocycles. The van der Waals surface area contributed by atoms with Crippen molar-refractivity contribution in [1.82, 2.24) is 9.97 Å². The van der Waals surface area contributed by atoms with Gasteiger partial charge in [-0.15, -0.1) is 11.3 Å². The van der Waals surface area contributed by atoms with Crippen molar-refractivity contribution in [3.8, 4) is 44.9 Å². The molecule has 1 saturated carbocycles. The minimum absolute atomic E-state index is 0.167. The third-order valence-corrected chi connectivity index (χ3v) is 10.9. The zero-order valence-corrected chi connectivity index (χ0v) is 24.7. The lowest BCUT2D eigenvalue weighted by molar-refractivity contribution is 0.353. The van der Waals surface area contributed by atoms with Gasteiger partial charge in [0.25, 0.3) is 0 Å². The minimum Gasteiger partial charge on any atom is -0.226 e. The molecule has 5 aromatic carbocycles. The maximum atomic E-state index is 5.17. The Bertz CT molecular complexity index is 2150. The summed E-state index contributed by atoms with van der Waals surface area (Å²) in [6.45, 7) is 0. The Morgan fingerprint density at radius 3 is 2.09 bits per heavy atom. The maximum absolute atomic E-state index is 5.17. The summed E-state index contributed by atoms with van der Waals surface area (Å²) in [5, 5.41) is 1.19. The number of thiophene rings is 1. The van der Waals surface area contributed by atoms with E-state index in [1.807, 2.05) is 0 Å². The smallest absolute Gasteiger partial charge is 0.160 e. The molecule has 3 heteroatoms. The van der Waals surface area contributed by atoms with E-state index in [0.717, 1.165) is 32.9 Å². The highest BCUT2D eigenvalue weighted by Gasteiger charge is 2.43. The van der Waals surface area contributed by atoms with Crippen LogP contribution in [0, 0.1) is 0 Å². The average Bonchev–Trinajstić information content (AvgIpc) is 3.58. The Morgan fingerprint density at radius 1 is 0.535 bits per heavy atom. The molecule has 43 heavy (non-hydrogen) atoms. The van der Waals surface area contributed by atoms with Gasteiger partial charge in [-0.1, -0.05) is 128 Å². The summed E-state index contributed by atoms with van der Waals surface area (Å²) < 4.78 is 2.38. The molecule has 7 aromatic rings. The van der Waals surface area contributed by atoms with Gasteiger partial charge in [-0.25, -0.2) is 9.97 Å². The molecule has 0 saturated heterocycles. The van der Waals surface area contributed by atoms with Crippen LogP contribution >= 0.6 is 11.3 Å². The van der Waals surface area contributed by atoms with E-state index in [0.29, 0.717) is 0 Å². The molecule has 2 aliphatic carbocycles. The van der Waals surface area contributed by atoms with Crippen LogP contribution in [0.5, 0.6) is 0 Å². The van der Waals surface area contributed by atoms with Crippen LogP contribution in [0.4, 0.5) is 0 Å².